The summed E-state index contributed by atoms with van der Waals surface area (Å²) in [6.45, 7) is 2.55. The van der Waals surface area contributed by atoms with Gasteiger partial charge in [0.25, 0.3) is 5.91 Å². The van der Waals surface area contributed by atoms with Crippen LogP contribution >= 0.6 is 34.8 Å². The summed E-state index contributed by atoms with van der Waals surface area (Å²) in [5.41, 5.74) is 0. The number of carbonyl (C=O) groups excluding carboxylic acids is 1. The zero-order valence-electron chi connectivity index (χ0n) is 11.0. The first-order valence-corrected chi connectivity index (χ1v) is 7.29. The van der Waals surface area contributed by atoms with Crippen LogP contribution in [0.5, 0.6) is 5.75 Å². The van der Waals surface area contributed by atoms with Gasteiger partial charge in [0.2, 0.25) is 0 Å². The smallest absolute Gasteiger partial charge is 0.260 e. The van der Waals surface area contributed by atoms with Crippen LogP contribution in [0.1, 0.15) is 13.3 Å². The molecule has 20 heavy (non-hydrogen) atoms. The van der Waals surface area contributed by atoms with Crippen molar-refractivity contribution in [2.75, 3.05) is 26.3 Å². The molecule has 0 saturated heterocycles. The van der Waals surface area contributed by atoms with Crippen LogP contribution in [0.3, 0.4) is 0 Å². The van der Waals surface area contributed by atoms with E-state index in [2.05, 4.69) is 0 Å². The zero-order chi connectivity index (χ0) is 15.1. The summed E-state index contributed by atoms with van der Waals surface area (Å²) >= 11 is 17.6. The van der Waals surface area contributed by atoms with E-state index in [9.17, 15) is 4.79 Å². The van der Waals surface area contributed by atoms with Crippen molar-refractivity contribution in [1.82, 2.24) is 4.90 Å². The topological polar surface area (TPSA) is 49.8 Å². The van der Waals surface area contributed by atoms with Crippen LogP contribution in [-0.4, -0.2) is 42.2 Å². The molecule has 0 fully saturated rings. The minimum Gasteiger partial charge on any atom is -0.482 e. The molecule has 0 aromatic heterocycles. The van der Waals surface area contributed by atoms with Crippen molar-refractivity contribution in [1.29, 1.82) is 0 Å². The van der Waals surface area contributed by atoms with Gasteiger partial charge in [0.15, 0.2) is 6.61 Å². The first-order chi connectivity index (χ1) is 9.49. The molecule has 0 spiro atoms. The van der Waals surface area contributed by atoms with E-state index in [0.717, 1.165) is 6.42 Å². The molecule has 1 N–H and O–H groups in total. The lowest BCUT2D eigenvalue weighted by Crippen LogP contribution is -2.37. The Labute approximate surface area is 133 Å². The maximum atomic E-state index is 11.9. The van der Waals surface area contributed by atoms with Crippen LogP contribution in [0.4, 0.5) is 0 Å². The number of ether oxygens (including phenoxy) is 1. The number of nitrogens with zero attached hydrogens (tertiary/aromatic N) is 1. The lowest BCUT2D eigenvalue weighted by Gasteiger charge is -2.21. The zero-order valence-corrected chi connectivity index (χ0v) is 13.3. The SMILES string of the molecule is CCCN(CCO)C(=O)COc1cc(Cl)c(Cl)cc1Cl. The Morgan fingerprint density at radius 1 is 1.20 bits per heavy atom. The number of benzene rings is 1. The minimum absolute atomic E-state index is 0.0841. The molecule has 0 aliphatic heterocycles. The van der Waals surface area contributed by atoms with Crippen LogP contribution < -0.4 is 4.74 Å². The average molecular weight is 341 g/mol. The van der Waals surface area contributed by atoms with E-state index in [0.29, 0.717) is 22.3 Å². The van der Waals surface area contributed by atoms with Crippen molar-refractivity contribution in [3.63, 3.8) is 0 Å². The van der Waals surface area contributed by atoms with Crippen LogP contribution in [0.2, 0.25) is 15.1 Å². The molecule has 0 aliphatic rings. The van der Waals surface area contributed by atoms with Crippen molar-refractivity contribution >= 4 is 40.7 Å². The van der Waals surface area contributed by atoms with E-state index in [1.165, 1.54) is 17.0 Å². The van der Waals surface area contributed by atoms with E-state index in [4.69, 9.17) is 44.6 Å². The Balaban J connectivity index is 2.66. The third-order valence-electron chi connectivity index (χ3n) is 2.54. The van der Waals surface area contributed by atoms with E-state index < -0.39 is 0 Å². The van der Waals surface area contributed by atoms with Crippen LogP contribution in [0, 0.1) is 0 Å². The molecule has 0 saturated carbocycles. The summed E-state index contributed by atoms with van der Waals surface area (Å²) in [6.07, 6.45) is 0.805. The van der Waals surface area contributed by atoms with Crippen molar-refractivity contribution in [3.05, 3.63) is 27.2 Å². The Hall–Kier alpha value is -0.680. The van der Waals surface area contributed by atoms with Crippen LogP contribution in [0.25, 0.3) is 0 Å². The summed E-state index contributed by atoms with van der Waals surface area (Å²) in [5.74, 6) is 0.0814. The second-order valence-electron chi connectivity index (χ2n) is 4.09. The van der Waals surface area contributed by atoms with Gasteiger partial charge in [-0.1, -0.05) is 41.7 Å². The van der Waals surface area contributed by atoms with Gasteiger partial charge in [-0.15, -0.1) is 0 Å². The summed E-state index contributed by atoms with van der Waals surface area (Å²) in [7, 11) is 0. The number of aliphatic hydroxyl groups excluding tert-OH is 1. The number of aliphatic hydroxyl groups is 1. The molecule has 7 heteroatoms. The van der Waals surface area contributed by atoms with Gasteiger partial charge in [-0.3, -0.25) is 4.79 Å². The highest BCUT2D eigenvalue weighted by Crippen LogP contribution is 2.33. The molecule has 112 valence electrons. The number of hydrogen-bond donors (Lipinski definition) is 1. The largest absolute Gasteiger partial charge is 0.482 e. The second-order valence-corrected chi connectivity index (χ2v) is 5.31. The van der Waals surface area contributed by atoms with Gasteiger partial charge in [0, 0.05) is 19.2 Å². The Morgan fingerprint density at radius 2 is 1.85 bits per heavy atom. The van der Waals surface area contributed by atoms with Crippen molar-refractivity contribution < 1.29 is 14.6 Å². The minimum atomic E-state index is -0.219. The summed E-state index contributed by atoms with van der Waals surface area (Å²) in [6, 6.07) is 2.93. The highest BCUT2D eigenvalue weighted by atomic mass is 35.5. The fourth-order valence-corrected chi connectivity index (χ4v) is 2.19. The Morgan fingerprint density at radius 3 is 2.45 bits per heavy atom. The van der Waals surface area contributed by atoms with Crippen molar-refractivity contribution in [3.8, 4) is 5.75 Å². The van der Waals surface area contributed by atoms with Gasteiger partial charge in [-0.05, 0) is 12.5 Å². The molecule has 0 atom stereocenters. The van der Waals surface area contributed by atoms with Gasteiger partial charge in [0.05, 0.1) is 21.7 Å². The summed E-state index contributed by atoms with van der Waals surface area (Å²) < 4.78 is 5.36. The quantitative estimate of drug-likeness (QED) is 0.775. The number of amides is 1. The highest BCUT2D eigenvalue weighted by molar-refractivity contribution is 6.43. The lowest BCUT2D eigenvalue weighted by atomic mass is 10.3. The predicted molar refractivity (Wildman–Crippen MR) is 80.9 cm³/mol. The number of carbonyl (C=O) groups is 1. The molecular formula is C13H16Cl3NO3. The molecule has 1 rings (SSSR count). The molecule has 1 aromatic rings. The van der Waals surface area contributed by atoms with E-state index >= 15 is 0 Å². The van der Waals surface area contributed by atoms with Crippen molar-refractivity contribution in [2.45, 2.75) is 13.3 Å². The van der Waals surface area contributed by atoms with Crippen molar-refractivity contribution in [2.24, 2.45) is 0 Å². The standard InChI is InChI=1S/C13H16Cl3NO3/c1-2-3-17(4-5-18)13(19)8-20-12-7-10(15)9(14)6-11(12)16/h6-7,18H,2-5,8H2,1H3. The molecule has 0 unspecified atom stereocenters. The normalized spacial score (nSPS) is 10.4. The fourth-order valence-electron chi connectivity index (χ4n) is 1.60. The Kier molecular flexibility index (Phi) is 7.45. The molecular weight excluding hydrogens is 325 g/mol. The lowest BCUT2D eigenvalue weighted by molar-refractivity contribution is -0.133. The van der Waals surface area contributed by atoms with E-state index in [1.807, 2.05) is 6.92 Å². The van der Waals surface area contributed by atoms with E-state index in [-0.39, 0.29) is 30.7 Å². The van der Waals surface area contributed by atoms with Gasteiger partial charge in [-0.25, -0.2) is 0 Å². The molecule has 1 amide bonds. The highest BCUT2D eigenvalue weighted by Gasteiger charge is 2.14. The van der Waals surface area contributed by atoms with Crippen LogP contribution in [0.15, 0.2) is 12.1 Å². The Bertz CT molecular complexity index is 462. The van der Waals surface area contributed by atoms with Crippen LogP contribution in [-0.2, 0) is 4.79 Å². The maximum absolute atomic E-state index is 11.9. The first-order valence-electron chi connectivity index (χ1n) is 6.15. The third kappa shape index (κ3) is 5.02. The summed E-state index contributed by atoms with van der Waals surface area (Å²) in [5, 5.41) is 9.84. The average Bonchev–Trinajstić information content (AvgIpc) is 2.41. The third-order valence-corrected chi connectivity index (χ3v) is 3.56. The number of halogens is 3. The number of rotatable bonds is 7. The molecule has 0 aliphatic carbocycles. The fraction of sp³-hybridized carbons (Fsp3) is 0.462. The second kappa shape index (κ2) is 8.57. The molecule has 4 nitrogen and oxygen atoms in total. The molecule has 0 heterocycles. The molecule has 1 aromatic carbocycles. The van der Waals surface area contributed by atoms with Gasteiger partial charge < -0.3 is 14.7 Å². The monoisotopic (exact) mass is 339 g/mol. The first kappa shape index (κ1) is 17.4. The van der Waals surface area contributed by atoms with E-state index in [1.54, 1.807) is 0 Å². The summed E-state index contributed by atoms with van der Waals surface area (Å²) in [4.78, 5) is 13.5. The number of hydrogen-bond acceptors (Lipinski definition) is 3. The maximum Gasteiger partial charge on any atom is 0.260 e. The van der Waals surface area contributed by atoms with Gasteiger partial charge in [-0.2, -0.15) is 0 Å². The van der Waals surface area contributed by atoms with Gasteiger partial charge in [0.1, 0.15) is 5.75 Å². The predicted octanol–water partition coefficient (Wildman–Crippen LogP) is 3.26. The van der Waals surface area contributed by atoms with Gasteiger partial charge >= 0.3 is 0 Å². The molecule has 0 radical (unpaired) electrons. The molecule has 0 bridgehead atoms.